The molecule has 1 fully saturated rings. The highest BCUT2D eigenvalue weighted by Gasteiger charge is 2.31. The Labute approximate surface area is 160 Å². The lowest BCUT2D eigenvalue weighted by atomic mass is 10.0. The Balaban J connectivity index is 1.70. The number of benzene rings is 1. The van der Waals surface area contributed by atoms with Crippen molar-refractivity contribution in [3.63, 3.8) is 0 Å². The number of piperidine rings is 1. The Morgan fingerprint density at radius 3 is 2.48 bits per heavy atom. The standard InChI is InChI=1S/C21H28N2O4/c1-16(27-19-8-6-18(25-3)7-9-19)21(24)23(15-20-5-4-14-26-20)17-10-12-22(2)13-11-17/h4-9,14,16-17H,10-13,15H2,1-3H3. The molecular formula is C21H28N2O4. The summed E-state index contributed by atoms with van der Waals surface area (Å²) in [6.45, 7) is 4.24. The summed E-state index contributed by atoms with van der Waals surface area (Å²) in [7, 11) is 3.74. The molecule has 1 amide bonds. The molecule has 0 radical (unpaired) electrons. The third kappa shape index (κ3) is 5.04. The molecule has 0 aliphatic carbocycles. The number of methoxy groups -OCH3 is 1. The second-order valence-corrected chi connectivity index (χ2v) is 7.02. The minimum Gasteiger partial charge on any atom is -0.497 e. The van der Waals surface area contributed by atoms with Gasteiger partial charge in [-0.1, -0.05) is 0 Å². The number of amides is 1. The van der Waals surface area contributed by atoms with Crippen molar-refractivity contribution in [3.8, 4) is 11.5 Å². The van der Waals surface area contributed by atoms with Gasteiger partial charge in [0.25, 0.3) is 5.91 Å². The molecule has 1 aliphatic rings. The van der Waals surface area contributed by atoms with Gasteiger partial charge >= 0.3 is 0 Å². The molecule has 0 N–H and O–H groups in total. The van der Waals surface area contributed by atoms with Crippen molar-refractivity contribution in [1.82, 2.24) is 9.80 Å². The van der Waals surface area contributed by atoms with E-state index in [0.717, 1.165) is 37.4 Å². The molecule has 1 unspecified atom stereocenters. The summed E-state index contributed by atoms with van der Waals surface area (Å²) >= 11 is 0. The summed E-state index contributed by atoms with van der Waals surface area (Å²) in [6.07, 6.45) is 2.98. The van der Waals surface area contributed by atoms with Crippen molar-refractivity contribution in [1.29, 1.82) is 0 Å². The molecule has 0 saturated carbocycles. The van der Waals surface area contributed by atoms with E-state index in [4.69, 9.17) is 13.9 Å². The average Bonchev–Trinajstić information content (AvgIpc) is 3.20. The Hall–Kier alpha value is -2.47. The van der Waals surface area contributed by atoms with Crippen LogP contribution < -0.4 is 9.47 Å². The van der Waals surface area contributed by atoms with Gasteiger partial charge in [-0.05, 0) is 76.3 Å². The normalized spacial score (nSPS) is 16.7. The molecule has 1 atom stereocenters. The number of hydrogen-bond acceptors (Lipinski definition) is 5. The van der Waals surface area contributed by atoms with Crippen LogP contribution in [0.2, 0.25) is 0 Å². The van der Waals surface area contributed by atoms with Crippen molar-refractivity contribution in [2.24, 2.45) is 0 Å². The highest BCUT2D eigenvalue weighted by molar-refractivity contribution is 5.81. The van der Waals surface area contributed by atoms with Crippen LogP contribution in [0.5, 0.6) is 11.5 Å². The second kappa shape index (κ2) is 8.95. The van der Waals surface area contributed by atoms with E-state index < -0.39 is 6.10 Å². The maximum absolute atomic E-state index is 13.2. The first kappa shape index (κ1) is 19.3. The zero-order valence-electron chi connectivity index (χ0n) is 16.3. The van der Waals surface area contributed by atoms with Gasteiger partial charge in [-0.3, -0.25) is 4.79 Å². The lowest BCUT2D eigenvalue weighted by molar-refractivity contribution is -0.142. The highest BCUT2D eigenvalue weighted by atomic mass is 16.5. The summed E-state index contributed by atoms with van der Waals surface area (Å²) < 4.78 is 16.6. The molecular weight excluding hydrogens is 344 g/mol. The zero-order chi connectivity index (χ0) is 19.2. The molecule has 6 heteroatoms. The van der Waals surface area contributed by atoms with Gasteiger partial charge < -0.3 is 23.7 Å². The van der Waals surface area contributed by atoms with Gasteiger partial charge in [0.2, 0.25) is 0 Å². The van der Waals surface area contributed by atoms with Crippen LogP contribution in [0.1, 0.15) is 25.5 Å². The predicted molar refractivity (Wildman–Crippen MR) is 103 cm³/mol. The number of ether oxygens (including phenoxy) is 2. The van der Waals surface area contributed by atoms with E-state index >= 15 is 0 Å². The molecule has 146 valence electrons. The summed E-state index contributed by atoms with van der Waals surface area (Å²) in [5.41, 5.74) is 0. The summed E-state index contributed by atoms with van der Waals surface area (Å²) in [6, 6.07) is 11.2. The van der Waals surface area contributed by atoms with Crippen LogP contribution in [-0.2, 0) is 11.3 Å². The summed E-state index contributed by atoms with van der Waals surface area (Å²) in [5.74, 6) is 2.18. The maximum atomic E-state index is 13.2. The fourth-order valence-corrected chi connectivity index (χ4v) is 3.41. The number of rotatable bonds is 7. The first-order chi connectivity index (χ1) is 13.1. The largest absolute Gasteiger partial charge is 0.497 e. The molecule has 3 rings (SSSR count). The van der Waals surface area contributed by atoms with Gasteiger partial charge in [0, 0.05) is 6.04 Å². The molecule has 1 aromatic carbocycles. The van der Waals surface area contributed by atoms with Crippen molar-refractivity contribution in [2.45, 2.75) is 38.5 Å². The molecule has 27 heavy (non-hydrogen) atoms. The first-order valence-electron chi connectivity index (χ1n) is 9.39. The second-order valence-electron chi connectivity index (χ2n) is 7.02. The molecule has 1 saturated heterocycles. The number of hydrogen-bond donors (Lipinski definition) is 0. The van der Waals surface area contributed by atoms with Crippen molar-refractivity contribution in [2.75, 3.05) is 27.2 Å². The summed E-state index contributed by atoms with van der Waals surface area (Å²) in [5, 5.41) is 0. The van der Waals surface area contributed by atoms with E-state index in [9.17, 15) is 4.79 Å². The number of nitrogens with zero attached hydrogens (tertiary/aromatic N) is 2. The number of likely N-dealkylation sites (tertiary alicyclic amines) is 1. The van der Waals surface area contributed by atoms with Crippen LogP contribution in [0.4, 0.5) is 0 Å². The predicted octanol–water partition coefficient (Wildman–Crippen LogP) is 3.18. The van der Waals surface area contributed by atoms with Crippen LogP contribution >= 0.6 is 0 Å². The Morgan fingerprint density at radius 1 is 1.22 bits per heavy atom. The lowest BCUT2D eigenvalue weighted by Gasteiger charge is -2.38. The monoisotopic (exact) mass is 372 g/mol. The molecule has 0 spiro atoms. The Bertz CT molecular complexity index is 706. The fraction of sp³-hybridized carbons (Fsp3) is 0.476. The molecule has 0 bridgehead atoms. The van der Waals surface area contributed by atoms with Crippen LogP contribution in [0, 0.1) is 0 Å². The minimum atomic E-state index is -0.576. The number of carbonyl (C=O) groups excluding carboxylic acids is 1. The van der Waals surface area contributed by atoms with E-state index in [0.29, 0.717) is 12.3 Å². The molecule has 2 heterocycles. The van der Waals surface area contributed by atoms with Gasteiger partial charge in [-0.25, -0.2) is 0 Å². The van der Waals surface area contributed by atoms with Crippen molar-refractivity contribution in [3.05, 3.63) is 48.4 Å². The quantitative estimate of drug-likeness (QED) is 0.747. The molecule has 1 aliphatic heterocycles. The first-order valence-corrected chi connectivity index (χ1v) is 9.39. The van der Waals surface area contributed by atoms with Gasteiger partial charge in [0.15, 0.2) is 6.10 Å². The van der Waals surface area contributed by atoms with Crippen molar-refractivity contribution < 1.29 is 18.7 Å². The van der Waals surface area contributed by atoms with E-state index in [2.05, 4.69) is 11.9 Å². The van der Waals surface area contributed by atoms with Crippen LogP contribution in [-0.4, -0.2) is 55.1 Å². The topological polar surface area (TPSA) is 55.2 Å². The minimum absolute atomic E-state index is 0.0169. The van der Waals surface area contributed by atoms with Gasteiger partial charge in [-0.2, -0.15) is 0 Å². The Kier molecular flexibility index (Phi) is 6.40. The highest BCUT2D eigenvalue weighted by Crippen LogP contribution is 2.22. The molecule has 2 aromatic rings. The van der Waals surface area contributed by atoms with Crippen molar-refractivity contribution >= 4 is 5.91 Å². The molecule has 6 nitrogen and oxygen atoms in total. The van der Waals surface area contributed by atoms with Crippen LogP contribution in [0.3, 0.4) is 0 Å². The third-order valence-corrected chi connectivity index (χ3v) is 5.04. The van der Waals surface area contributed by atoms with Gasteiger partial charge in [0.05, 0.1) is 19.9 Å². The van der Waals surface area contributed by atoms with E-state index in [1.807, 2.05) is 41.3 Å². The van der Waals surface area contributed by atoms with E-state index in [1.54, 1.807) is 20.3 Å². The smallest absolute Gasteiger partial charge is 0.264 e. The van der Waals surface area contributed by atoms with Crippen LogP contribution in [0.15, 0.2) is 47.1 Å². The van der Waals surface area contributed by atoms with Gasteiger partial charge in [-0.15, -0.1) is 0 Å². The average molecular weight is 372 g/mol. The Morgan fingerprint density at radius 2 is 1.89 bits per heavy atom. The zero-order valence-corrected chi connectivity index (χ0v) is 16.3. The third-order valence-electron chi connectivity index (χ3n) is 5.04. The molecule has 1 aromatic heterocycles. The van der Waals surface area contributed by atoms with E-state index in [-0.39, 0.29) is 11.9 Å². The number of furan rings is 1. The summed E-state index contributed by atoms with van der Waals surface area (Å²) in [4.78, 5) is 17.4. The maximum Gasteiger partial charge on any atom is 0.264 e. The van der Waals surface area contributed by atoms with E-state index in [1.165, 1.54) is 0 Å². The number of carbonyl (C=O) groups is 1. The lowest BCUT2D eigenvalue weighted by Crippen LogP contribution is -2.49. The van der Waals surface area contributed by atoms with Crippen LogP contribution in [0.25, 0.3) is 0 Å². The van der Waals surface area contributed by atoms with Gasteiger partial charge in [0.1, 0.15) is 17.3 Å². The fourth-order valence-electron chi connectivity index (χ4n) is 3.41. The SMILES string of the molecule is COc1ccc(OC(C)C(=O)N(Cc2ccco2)C2CCN(C)CC2)cc1.